The van der Waals surface area contributed by atoms with Gasteiger partial charge in [0.1, 0.15) is 5.75 Å². The van der Waals surface area contributed by atoms with E-state index in [1.165, 1.54) is 5.56 Å². The Hall–Kier alpha value is -1.10. The van der Waals surface area contributed by atoms with Gasteiger partial charge in [0, 0.05) is 13.1 Å². The van der Waals surface area contributed by atoms with Crippen molar-refractivity contribution in [1.82, 2.24) is 5.32 Å². The number of methoxy groups -OCH3 is 1. The van der Waals surface area contributed by atoms with Crippen LogP contribution in [0.4, 0.5) is 0 Å². The van der Waals surface area contributed by atoms with Gasteiger partial charge in [0.05, 0.1) is 32.0 Å². The summed E-state index contributed by atoms with van der Waals surface area (Å²) in [5.41, 5.74) is 1.16. The highest BCUT2D eigenvalue weighted by molar-refractivity contribution is 5.27. The van der Waals surface area contributed by atoms with Crippen LogP contribution in [0.3, 0.4) is 0 Å². The molecular weight excluding hydrogens is 254 g/mol. The lowest BCUT2D eigenvalue weighted by atomic mass is 10.1. The molecule has 1 aromatic carbocycles. The summed E-state index contributed by atoms with van der Waals surface area (Å²) in [4.78, 5) is 0. The highest BCUT2D eigenvalue weighted by atomic mass is 16.5. The highest BCUT2D eigenvalue weighted by Crippen LogP contribution is 2.15. The smallest absolute Gasteiger partial charge is 0.118 e. The zero-order valence-electron chi connectivity index (χ0n) is 12.6. The van der Waals surface area contributed by atoms with E-state index < -0.39 is 0 Å². The zero-order chi connectivity index (χ0) is 14.4. The van der Waals surface area contributed by atoms with Crippen LogP contribution in [-0.4, -0.2) is 45.1 Å². The van der Waals surface area contributed by atoms with E-state index in [1.54, 1.807) is 7.11 Å². The Morgan fingerprint density at radius 2 is 2.05 bits per heavy atom. The minimum absolute atomic E-state index is 0.0950. The van der Waals surface area contributed by atoms with Crippen LogP contribution in [0.15, 0.2) is 24.3 Å². The van der Waals surface area contributed by atoms with Crippen LogP contribution in [0, 0.1) is 0 Å². The molecule has 112 valence electrons. The zero-order valence-corrected chi connectivity index (χ0v) is 12.6. The fourth-order valence-electron chi connectivity index (χ4n) is 2.36. The number of nitrogens with one attached hydrogen (secondary N) is 1. The molecule has 0 radical (unpaired) electrons. The molecule has 1 saturated heterocycles. The third kappa shape index (κ3) is 4.78. The summed E-state index contributed by atoms with van der Waals surface area (Å²) in [6, 6.07) is 8.10. The van der Waals surface area contributed by atoms with E-state index in [1.807, 2.05) is 12.1 Å². The predicted molar refractivity (Wildman–Crippen MR) is 79.3 cm³/mol. The maximum absolute atomic E-state index is 5.95. The molecule has 4 nitrogen and oxygen atoms in total. The standard InChI is InChI=1S/C16H25NO3/c1-16(2)12-17-10-15(20-16)11-19-9-8-13-4-6-14(18-3)7-5-13/h4-7,15,17H,8-12H2,1-3H3. The molecule has 1 aromatic rings. The molecule has 0 aliphatic carbocycles. The number of morpholine rings is 1. The summed E-state index contributed by atoms with van der Waals surface area (Å²) in [7, 11) is 1.68. The maximum atomic E-state index is 5.95. The summed E-state index contributed by atoms with van der Waals surface area (Å²) in [6.45, 7) is 7.33. The second-order valence-corrected chi connectivity index (χ2v) is 5.80. The van der Waals surface area contributed by atoms with Gasteiger partial charge >= 0.3 is 0 Å². The molecule has 1 aliphatic rings. The average Bonchev–Trinajstić information content (AvgIpc) is 2.43. The van der Waals surface area contributed by atoms with Gasteiger partial charge in [0.2, 0.25) is 0 Å². The topological polar surface area (TPSA) is 39.7 Å². The summed E-state index contributed by atoms with van der Waals surface area (Å²) >= 11 is 0. The summed E-state index contributed by atoms with van der Waals surface area (Å²) in [5, 5.41) is 3.38. The lowest BCUT2D eigenvalue weighted by molar-refractivity contribution is -0.119. The minimum atomic E-state index is -0.0950. The maximum Gasteiger partial charge on any atom is 0.118 e. The number of rotatable bonds is 6. The molecule has 0 spiro atoms. The molecule has 4 heteroatoms. The number of hydrogen-bond donors (Lipinski definition) is 1. The molecule has 1 N–H and O–H groups in total. The minimum Gasteiger partial charge on any atom is -0.497 e. The van der Waals surface area contributed by atoms with Crippen molar-refractivity contribution in [3.8, 4) is 5.75 Å². The van der Waals surface area contributed by atoms with Crippen molar-refractivity contribution < 1.29 is 14.2 Å². The molecule has 1 atom stereocenters. The molecule has 2 rings (SSSR count). The molecular formula is C16H25NO3. The van der Waals surface area contributed by atoms with Crippen molar-refractivity contribution in [1.29, 1.82) is 0 Å². The quantitative estimate of drug-likeness (QED) is 0.809. The highest BCUT2D eigenvalue weighted by Gasteiger charge is 2.28. The van der Waals surface area contributed by atoms with Crippen molar-refractivity contribution >= 4 is 0 Å². The number of benzene rings is 1. The van der Waals surface area contributed by atoms with Crippen LogP contribution in [0.25, 0.3) is 0 Å². The number of hydrogen-bond acceptors (Lipinski definition) is 4. The van der Waals surface area contributed by atoms with Gasteiger partial charge in [0.15, 0.2) is 0 Å². The van der Waals surface area contributed by atoms with Gasteiger partial charge in [-0.15, -0.1) is 0 Å². The normalized spacial score (nSPS) is 21.6. The molecule has 0 aromatic heterocycles. The van der Waals surface area contributed by atoms with Crippen molar-refractivity contribution in [2.24, 2.45) is 0 Å². The van der Waals surface area contributed by atoms with Gasteiger partial charge in [0.25, 0.3) is 0 Å². The molecule has 20 heavy (non-hydrogen) atoms. The predicted octanol–water partition coefficient (Wildman–Crippen LogP) is 2.02. The summed E-state index contributed by atoms with van der Waals surface area (Å²) in [5.74, 6) is 0.888. The van der Waals surface area contributed by atoms with E-state index >= 15 is 0 Å². The first-order chi connectivity index (χ1) is 9.59. The Morgan fingerprint density at radius 3 is 2.70 bits per heavy atom. The van der Waals surface area contributed by atoms with Gasteiger partial charge in [-0.25, -0.2) is 0 Å². The lowest BCUT2D eigenvalue weighted by Crippen LogP contribution is -2.51. The monoisotopic (exact) mass is 279 g/mol. The van der Waals surface area contributed by atoms with Crippen LogP contribution < -0.4 is 10.1 Å². The first-order valence-corrected chi connectivity index (χ1v) is 7.18. The molecule has 1 unspecified atom stereocenters. The molecule has 0 saturated carbocycles. The third-order valence-corrected chi connectivity index (χ3v) is 3.41. The average molecular weight is 279 g/mol. The largest absolute Gasteiger partial charge is 0.497 e. The van der Waals surface area contributed by atoms with Crippen molar-refractivity contribution in [3.05, 3.63) is 29.8 Å². The van der Waals surface area contributed by atoms with Crippen molar-refractivity contribution in [2.45, 2.75) is 32.0 Å². The first kappa shape index (κ1) is 15.3. The fourth-order valence-corrected chi connectivity index (χ4v) is 2.36. The molecule has 1 heterocycles. The summed E-state index contributed by atoms with van der Waals surface area (Å²) in [6.07, 6.45) is 1.06. The number of ether oxygens (including phenoxy) is 3. The van der Waals surface area contributed by atoms with E-state index in [9.17, 15) is 0 Å². The Kier molecular flexibility index (Phi) is 5.40. The van der Waals surface area contributed by atoms with E-state index in [2.05, 4.69) is 31.3 Å². The Morgan fingerprint density at radius 1 is 1.30 bits per heavy atom. The molecule has 0 amide bonds. The van der Waals surface area contributed by atoms with E-state index in [0.717, 1.165) is 25.3 Å². The second kappa shape index (κ2) is 7.07. The van der Waals surface area contributed by atoms with Crippen LogP contribution in [-0.2, 0) is 15.9 Å². The van der Waals surface area contributed by atoms with Gasteiger partial charge < -0.3 is 19.5 Å². The fraction of sp³-hybridized carbons (Fsp3) is 0.625. The Balaban J connectivity index is 1.65. The Labute approximate surface area is 121 Å². The lowest BCUT2D eigenvalue weighted by Gasteiger charge is -2.36. The van der Waals surface area contributed by atoms with Crippen molar-refractivity contribution in [3.63, 3.8) is 0 Å². The molecule has 1 fully saturated rings. The van der Waals surface area contributed by atoms with Gasteiger partial charge in [-0.3, -0.25) is 0 Å². The third-order valence-electron chi connectivity index (χ3n) is 3.41. The van der Waals surface area contributed by atoms with E-state index in [0.29, 0.717) is 13.2 Å². The van der Waals surface area contributed by atoms with Crippen LogP contribution in [0.5, 0.6) is 5.75 Å². The van der Waals surface area contributed by atoms with Crippen molar-refractivity contribution in [2.75, 3.05) is 33.4 Å². The molecule has 1 aliphatic heterocycles. The second-order valence-electron chi connectivity index (χ2n) is 5.80. The van der Waals surface area contributed by atoms with Crippen LogP contribution in [0.2, 0.25) is 0 Å². The summed E-state index contributed by atoms with van der Waals surface area (Å²) < 4.78 is 16.8. The van der Waals surface area contributed by atoms with Crippen LogP contribution >= 0.6 is 0 Å². The SMILES string of the molecule is COc1ccc(CCOCC2CNCC(C)(C)O2)cc1. The van der Waals surface area contributed by atoms with Gasteiger partial charge in [-0.1, -0.05) is 12.1 Å². The van der Waals surface area contributed by atoms with E-state index in [4.69, 9.17) is 14.2 Å². The molecule has 0 bridgehead atoms. The van der Waals surface area contributed by atoms with Gasteiger partial charge in [-0.05, 0) is 38.0 Å². The van der Waals surface area contributed by atoms with Gasteiger partial charge in [-0.2, -0.15) is 0 Å². The first-order valence-electron chi connectivity index (χ1n) is 7.18. The van der Waals surface area contributed by atoms with E-state index in [-0.39, 0.29) is 11.7 Å². The Bertz CT molecular complexity index is 403. The van der Waals surface area contributed by atoms with Crippen LogP contribution in [0.1, 0.15) is 19.4 Å².